The maximum atomic E-state index is 14.2. The second-order valence-electron chi connectivity index (χ2n) is 17.5. The maximum absolute atomic E-state index is 14.2. The van der Waals surface area contributed by atoms with Crippen molar-refractivity contribution in [1.82, 2.24) is 9.80 Å². The van der Waals surface area contributed by atoms with Crippen LogP contribution in [0.3, 0.4) is 0 Å². The molecule has 74 heavy (non-hydrogen) atoms. The molecule has 0 aromatic heterocycles. The van der Waals surface area contributed by atoms with Gasteiger partial charge in [-0.15, -0.1) is 0 Å². The largest absolute Gasteiger partial charge is 1.00 e. The minimum Gasteiger partial charge on any atom is -0.493 e. The summed E-state index contributed by atoms with van der Waals surface area (Å²) in [5.41, 5.74) is 3.19. The van der Waals surface area contributed by atoms with Crippen LogP contribution in [0.4, 0.5) is 11.4 Å². The summed E-state index contributed by atoms with van der Waals surface area (Å²) >= 11 is 0. The summed E-state index contributed by atoms with van der Waals surface area (Å²) in [6.45, 7) is 0.0630. The molecular formula is C53H48N4NaO14S2+. The van der Waals surface area contributed by atoms with Crippen LogP contribution in [-0.4, -0.2) is 97.8 Å². The topological polar surface area (TPSA) is 229 Å². The van der Waals surface area contributed by atoms with Gasteiger partial charge in [0, 0.05) is 31.0 Å². The number of anilines is 2. The second-order valence-corrected chi connectivity index (χ2v) is 20.5. The van der Waals surface area contributed by atoms with Crippen LogP contribution in [0, 0.1) is 0 Å². The molecule has 21 heteroatoms. The van der Waals surface area contributed by atoms with Crippen molar-refractivity contribution in [3.8, 4) is 46.0 Å². The summed E-state index contributed by atoms with van der Waals surface area (Å²) in [6, 6.07) is 36.6. The van der Waals surface area contributed by atoms with Crippen molar-refractivity contribution < 1.29 is 93.5 Å². The van der Waals surface area contributed by atoms with Gasteiger partial charge >= 0.3 is 29.6 Å². The smallest absolute Gasteiger partial charge is 0.493 e. The second kappa shape index (κ2) is 21.4. The zero-order valence-electron chi connectivity index (χ0n) is 40.2. The third kappa shape index (κ3) is 10.8. The fourth-order valence-corrected chi connectivity index (χ4v) is 11.1. The molecule has 0 bridgehead atoms. The molecule has 4 heterocycles. The maximum Gasteiger partial charge on any atom is 1.00 e. The van der Waals surface area contributed by atoms with Gasteiger partial charge in [-0.05, 0) is 95.8 Å². The summed E-state index contributed by atoms with van der Waals surface area (Å²) in [7, 11) is -6.77. The summed E-state index contributed by atoms with van der Waals surface area (Å²) in [5, 5.41) is 2.57. The molecule has 0 spiro atoms. The molecule has 18 nitrogen and oxygen atoms in total. The Balaban J connectivity index is 0.00000672. The molecule has 0 saturated carbocycles. The van der Waals surface area contributed by atoms with Gasteiger partial charge in [-0.2, -0.15) is 16.8 Å². The molecule has 0 fully saturated rings. The van der Waals surface area contributed by atoms with Crippen molar-refractivity contribution in [2.24, 2.45) is 0 Å². The first kappa shape index (κ1) is 51.8. The van der Waals surface area contributed by atoms with E-state index in [0.717, 1.165) is 11.1 Å². The number of carbonyl (C=O) groups is 2. The number of hydrogen-bond acceptors (Lipinski definition) is 14. The van der Waals surface area contributed by atoms with Crippen LogP contribution >= 0.6 is 0 Å². The predicted octanol–water partition coefficient (Wildman–Crippen LogP) is 5.93. The fourth-order valence-electron chi connectivity index (χ4n) is 9.32. The van der Waals surface area contributed by atoms with E-state index in [1.54, 1.807) is 36.7 Å². The van der Waals surface area contributed by atoms with Crippen LogP contribution in [-0.2, 0) is 20.2 Å². The standard InChI is InChI=1S/C53H48N4O14S2.Na/c1-66-46-26-40-42(54-50(72(60,61)62)44-24-34(30-56(44)52(40)58)32-14-18-38(19-15-32)70-36-10-5-3-6-11-36)28-48(46)68-22-9-23-69-49-29-43-41(27-47(49)67-2)53(59)57-31-35(25-45(57)51(55-43)73(63,64)65)33-16-20-39(21-17-33)71-37-12-7-4-8-13-37;/h3-8,10-21,26-31,44-45,50-51,54-55H,9,22-25H2,1-2H3,(H,60,61,62)(H,63,64,65);/q;+1/t44-,45-,50?,51?;/m0./s1. The molecule has 4 aliphatic rings. The fraction of sp³-hybridized carbons (Fsp3) is 0.208. The molecule has 376 valence electrons. The van der Waals surface area contributed by atoms with Crippen LogP contribution in [0.2, 0.25) is 0 Å². The number of hydrogen-bond donors (Lipinski definition) is 4. The summed E-state index contributed by atoms with van der Waals surface area (Å²) < 4.78 is 108. The van der Waals surface area contributed by atoms with Crippen LogP contribution in [0.1, 0.15) is 51.1 Å². The van der Waals surface area contributed by atoms with Crippen LogP contribution in [0.5, 0.6) is 46.0 Å². The zero-order chi connectivity index (χ0) is 51.0. The molecule has 6 aromatic carbocycles. The minimum absolute atomic E-state index is 0. The van der Waals surface area contributed by atoms with E-state index in [1.807, 2.05) is 84.9 Å². The molecule has 0 aliphatic carbocycles. The van der Waals surface area contributed by atoms with E-state index in [4.69, 9.17) is 28.4 Å². The van der Waals surface area contributed by atoms with Gasteiger partial charge in [0.15, 0.2) is 33.7 Å². The summed E-state index contributed by atoms with van der Waals surface area (Å²) in [4.78, 5) is 31.0. The number of carbonyl (C=O) groups excluding carboxylic acids is 2. The van der Waals surface area contributed by atoms with Gasteiger partial charge in [-0.25, -0.2) is 0 Å². The van der Waals surface area contributed by atoms with E-state index in [1.165, 1.54) is 48.3 Å². The third-order valence-electron chi connectivity index (χ3n) is 12.8. The third-order valence-corrected chi connectivity index (χ3v) is 15.0. The molecule has 0 radical (unpaired) electrons. The number of nitrogens with zero attached hydrogens (tertiary/aromatic N) is 2. The zero-order valence-corrected chi connectivity index (χ0v) is 43.8. The molecule has 0 saturated heterocycles. The first-order valence-electron chi connectivity index (χ1n) is 23.0. The Labute approximate surface area is 449 Å². The van der Waals surface area contributed by atoms with E-state index in [9.17, 15) is 35.5 Å². The van der Waals surface area contributed by atoms with E-state index in [2.05, 4.69) is 10.6 Å². The van der Waals surface area contributed by atoms with Gasteiger partial charge < -0.3 is 48.9 Å². The Morgan fingerprint density at radius 3 is 1.24 bits per heavy atom. The van der Waals surface area contributed by atoms with Crippen molar-refractivity contribution >= 4 is 54.6 Å². The summed E-state index contributed by atoms with van der Waals surface area (Å²) in [6.07, 6.45) is 3.66. The average molecular weight is 1050 g/mol. The quantitative estimate of drug-likeness (QED) is 0.0500. The van der Waals surface area contributed by atoms with Crippen LogP contribution in [0.15, 0.2) is 146 Å². The molecule has 6 aromatic rings. The number of ether oxygens (including phenoxy) is 6. The van der Waals surface area contributed by atoms with Gasteiger partial charge in [0.05, 0.1) is 62.0 Å². The molecule has 4 aliphatic heterocycles. The molecule has 4 atom stereocenters. The van der Waals surface area contributed by atoms with E-state index in [0.29, 0.717) is 34.1 Å². The van der Waals surface area contributed by atoms with Crippen molar-refractivity contribution in [3.63, 3.8) is 0 Å². The predicted molar refractivity (Wildman–Crippen MR) is 271 cm³/mol. The Morgan fingerprint density at radius 2 is 0.892 bits per heavy atom. The Kier molecular flexibility index (Phi) is 15.0. The number of rotatable bonds is 16. The van der Waals surface area contributed by atoms with E-state index >= 15 is 0 Å². The van der Waals surface area contributed by atoms with Crippen LogP contribution in [0.25, 0.3) is 11.1 Å². The van der Waals surface area contributed by atoms with Gasteiger partial charge in [0.25, 0.3) is 32.1 Å². The number of methoxy groups -OCH3 is 2. The van der Waals surface area contributed by atoms with Crippen molar-refractivity contribution in [1.29, 1.82) is 0 Å². The Bertz CT molecular complexity index is 3160. The van der Waals surface area contributed by atoms with Crippen molar-refractivity contribution in [2.45, 2.75) is 42.1 Å². The van der Waals surface area contributed by atoms with E-state index in [-0.39, 0.29) is 108 Å². The molecule has 2 amide bonds. The molecular weight excluding hydrogens is 1000 g/mol. The van der Waals surface area contributed by atoms with Crippen LogP contribution < -0.4 is 68.6 Å². The summed E-state index contributed by atoms with van der Waals surface area (Å²) in [5.74, 6) is 2.15. The first-order chi connectivity index (χ1) is 35.1. The number of amides is 2. The number of benzene rings is 6. The average Bonchev–Trinajstić information content (AvgIpc) is 3.98. The van der Waals surface area contributed by atoms with Gasteiger partial charge in [-0.3, -0.25) is 18.7 Å². The molecule has 2 unspecified atom stereocenters. The van der Waals surface area contributed by atoms with Gasteiger partial charge in [0.2, 0.25) is 0 Å². The van der Waals surface area contributed by atoms with Crippen molar-refractivity contribution in [3.05, 3.63) is 168 Å². The normalized spacial score (nSPS) is 18.8. The number of fused-ring (bicyclic) bond motifs is 4. The SMILES string of the molecule is COc1cc2c(cc1OCCCOc1cc3c(cc1OC)C(=O)N1C=C(c4ccc(Oc5ccccc5)cc4)C[C@H]1C(S(=O)(=O)O)N3)NC(S(=O)(=O)O)[C@@H]1CC(c3ccc(Oc4ccccc4)cc3)=CN1C2=O.[Na+]. The molecule has 4 N–H and O–H groups in total. The van der Waals surface area contributed by atoms with Gasteiger partial charge in [-0.1, -0.05) is 60.7 Å². The first-order valence-corrected chi connectivity index (χ1v) is 26.0. The monoisotopic (exact) mass is 1050 g/mol. The van der Waals surface area contributed by atoms with E-state index < -0.39 is 54.9 Å². The Morgan fingerprint density at radius 1 is 0.527 bits per heavy atom. The number of nitrogens with one attached hydrogen (secondary N) is 2. The van der Waals surface area contributed by atoms with Crippen molar-refractivity contribution in [2.75, 3.05) is 38.1 Å². The van der Waals surface area contributed by atoms with Gasteiger partial charge in [0.1, 0.15) is 23.0 Å². The number of para-hydroxylation sites is 2. The molecule has 10 rings (SSSR count). The Hall–Kier alpha value is -7.04. The minimum atomic E-state index is -4.78.